The van der Waals surface area contributed by atoms with Gasteiger partial charge in [-0.2, -0.15) is 4.98 Å². The Morgan fingerprint density at radius 2 is 1.55 bits per heavy atom. The molecule has 0 saturated carbocycles. The lowest BCUT2D eigenvalue weighted by Gasteiger charge is -2.09. The first kappa shape index (κ1) is 15.8. The van der Waals surface area contributed by atoms with Gasteiger partial charge in [0.25, 0.3) is 6.01 Å². The average Bonchev–Trinajstić information content (AvgIpc) is 3.03. The van der Waals surface area contributed by atoms with Gasteiger partial charge in [-0.25, -0.2) is 0 Å². The Morgan fingerprint density at radius 1 is 0.955 bits per heavy atom. The number of nitrogen functional groups attached to an aromatic ring is 1. The maximum Gasteiger partial charge on any atom is 0.292 e. The molecule has 0 aliphatic heterocycles. The minimum absolute atomic E-state index is 0.167. The summed E-state index contributed by atoms with van der Waals surface area (Å²) in [6, 6.07) is 19.1. The van der Waals surface area contributed by atoms with Gasteiger partial charge in [-0.3, -0.25) is 4.39 Å². The summed E-state index contributed by atoms with van der Waals surface area (Å²) in [4.78, 5) is 4.18. The zero-order valence-electron chi connectivity index (χ0n) is 12.7. The Hall–Kier alpha value is -2.62. The normalized spacial score (nSPS) is 11.4. The monoisotopic (exact) mass is 298 g/mol. The van der Waals surface area contributed by atoms with Crippen molar-refractivity contribution < 1.29 is 8.81 Å². The summed E-state index contributed by atoms with van der Waals surface area (Å²) < 4.78 is 14.6. The van der Waals surface area contributed by atoms with Crippen LogP contribution in [0, 0.1) is 0 Å². The fourth-order valence-corrected chi connectivity index (χ4v) is 2.27. The SMILES string of the molecule is CC(c1ccc(-c2ccccc2)cc1)c1coc(N)n1.CF. The highest BCUT2D eigenvalue weighted by Gasteiger charge is 2.12. The van der Waals surface area contributed by atoms with Crippen LogP contribution in [0.5, 0.6) is 0 Å². The Bertz CT molecular complexity index is 693. The first-order valence-electron chi connectivity index (χ1n) is 6.98. The Morgan fingerprint density at radius 3 is 2.09 bits per heavy atom. The van der Waals surface area contributed by atoms with Crippen LogP contribution in [0.25, 0.3) is 11.1 Å². The third-order valence-corrected chi connectivity index (χ3v) is 3.50. The van der Waals surface area contributed by atoms with Crippen molar-refractivity contribution >= 4 is 6.01 Å². The topological polar surface area (TPSA) is 52.0 Å². The van der Waals surface area contributed by atoms with Crippen molar-refractivity contribution in [3.8, 4) is 11.1 Å². The van der Waals surface area contributed by atoms with Gasteiger partial charge < -0.3 is 10.2 Å². The highest BCUT2D eigenvalue weighted by Crippen LogP contribution is 2.26. The number of benzene rings is 2. The summed E-state index contributed by atoms with van der Waals surface area (Å²) in [6.45, 7) is 2.09. The molecule has 22 heavy (non-hydrogen) atoms. The van der Waals surface area contributed by atoms with Gasteiger partial charge in [0.1, 0.15) is 6.26 Å². The van der Waals surface area contributed by atoms with Gasteiger partial charge in [0.2, 0.25) is 0 Å². The predicted octanol–water partition coefficient (Wildman–Crippen LogP) is 4.66. The fourth-order valence-electron chi connectivity index (χ4n) is 2.27. The zero-order chi connectivity index (χ0) is 15.9. The second kappa shape index (κ2) is 7.41. The number of halogens is 1. The van der Waals surface area contributed by atoms with E-state index in [9.17, 15) is 4.39 Å². The lowest BCUT2D eigenvalue weighted by molar-refractivity contribution is 0.577. The van der Waals surface area contributed by atoms with Gasteiger partial charge >= 0.3 is 0 Å². The van der Waals surface area contributed by atoms with E-state index in [1.54, 1.807) is 6.26 Å². The van der Waals surface area contributed by atoms with E-state index in [1.165, 1.54) is 16.7 Å². The molecule has 0 fully saturated rings. The van der Waals surface area contributed by atoms with E-state index in [0.717, 1.165) is 5.69 Å². The van der Waals surface area contributed by atoms with Crippen LogP contribution in [0.1, 0.15) is 24.1 Å². The molecule has 1 atom stereocenters. The van der Waals surface area contributed by atoms with Gasteiger partial charge in [-0.05, 0) is 16.7 Å². The van der Waals surface area contributed by atoms with E-state index in [2.05, 4.69) is 48.3 Å². The molecular weight excluding hydrogens is 279 g/mol. The summed E-state index contributed by atoms with van der Waals surface area (Å²) >= 11 is 0. The number of nitrogens with two attached hydrogens (primary N) is 1. The standard InChI is InChI=1S/C17H16N2O.CH3F/c1-12(16-11-20-17(18)19-16)13-7-9-15(10-8-13)14-5-3-2-4-6-14;1-2/h2-12H,1H3,(H2,18,19);1H3. The van der Waals surface area contributed by atoms with Crippen molar-refractivity contribution in [2.24, 2.45) is 0 Å². The van der Waals surface area contributed by atoms with Crippen LogP contribution >= 0.6 is 0 Å². The van der Waals surface area contributed by atoms with E-state index < -0.39 is 0 Å². The van der Waals surface area contributed by atoms with Crippen molar-refractivity contribution in [2.45, 2.75) is 12.8 Å². The van der Waals surface area contributed by atoms with E-state index >= 15 is 0 Å². The summed E-state index contributed by atoms with van der Waals surface area (Å²) in [6.07, 6.45) is 1.62. The minimum atomic E-state index is 0.167. The first-order chi connectivity index (χ1) is 10.7. The molecule has 0 radical (unpaired) electrons. The molecule has 0 saturated heterocycles. The second-order valence-electron chi connectivity index (χ2n) is 4.82. The van der Waals surface area contributed by atoms with E-state index in [1.807, 2.05) is 18.2 Å². The molecule has 1 aromatic heterocycles. The molecule has 0 amide bonds. The number of hydrogen-bond donors (Lipinski definition) is 1. The summed E-state index contributed by atoms with van der Waals surface area (Å²) in [5.41, 5.74) is 10.00. The van der Waals surface area contributed by atoms with Crippen LogP contribution < -0.4 is 5.73 Å². The van der Waals surface area contributed by atoms with Crippen molar-refractivity contribution in [1.29, 1.82) is 0 Å². The van der Waals surface area contributed by atoms with Gasteiger partial charge in [0, 0.05) is 5.92 Å². The number of aromatic nitrogens is 1. The summed E-state index contributed by atoms with van der Waals surface area (Å²) in [7, 11) is 0.500. The molecule has 4 heteroatoms. The molecule has 0 aliphatic carbocycles. The molecule has 1 heterocycles. The molecule has 3 aromatic rings. The quantitative estimate of drug-likeness (QED) is 0.765. The highest BCUT2D eigenvalue weighted by atomic mass is 19.1. The van der Waals surface area contributed by atoms with Gasteiger partial charge in [-0.1, -0.05) is 61.5 Å². The van der Waals surface area contributed by atoms with E-state index in [-0.39, 0.29) is 11.9 Å². The number of nitrogens with zero attached hydrogens (tertiary/aromatic N) is 1. The number of anilines is 1. The van der Waals surface area contributed by atoms with Crippen LogP contribution in [0.15, 0.2) is 65.3 Å². The summed E-state index contributed by atoms with van der Waals surface area (Å²) in [5.74, 6) is 0.167. The second-order valence-corrected chi connectivity index (χ2v) is 4.82. The number of hydrogen-bond acceptors (Lipinski definition) is 3. The van der Waals surface area contributed by atoms with Crippen LogP contribution in [0.4, 0.5) is 10.4 Å². The van der Waals surface area contributed by atoms with Crippen molar-refractivity contribution in [3.05, 3.63) is 72.1 Å². The van der Waals surface area contributed by atoms with Crippen LogP contribution in [0.2, 0.25) is 0 Å². The molecule has 0 spiro atoms. The maximum atomic E-state index is 9.50. The van der Waals surface area contributed by atoms with Crippen LogP contribution in [-0.4, -0.2) is 12.2 Å². The van der Waals surface area contributed by atoms with E-state index in [4.69, 9.17) is 10.2 Å². The fraction of sp³-hybridized carbons (Fsp3) is 0.167. The molecule has 1 unspecified atom stereocenters. The van der Waals surface area contributed by atoms with Gasteiger partial charge in [-0.15, -0.1) is 0 Å². The molecule has 0 bridgehead atoms. The Balaban J connectivity index is 0.000000847. The van der Waals surface area contributed by atoms with Crippen molar-refractivity contribution in [3.63, 3.8) is 0 Å². The molecule has 3 rings (SSSR count). The largest absolute Gasteiger partial charge is 0.432 e. The van der Waals surface area contributed by atoms with Crippen molar-refractivity contribution in [1.82, 2.24) is 4.98 Å². The minimum Gasteiger partial charge on any atom is -0.432 e. The molecule has 2 aromatic carbocycles. The smallest absolute Gasteiger partial charge is 0.292 e. The van der Waals surface area contributed by atoms with Gasteiger partial charge in [0.05, 0.1) is 12.9 Å². The lowest BCUT2D eigenvalue weighted by Crippen LogP contribution is -1.97. The Labute approximate surface area is 129 Å². The lowest BCUT2D eigenvalue weighted by atomic mass is 9.96. The molecule has 3 nitrogen and oxygen atoms in total. The molecule has 114 valence electrons. The van der Waals surface area contributed by atoms with Crippen LogP contribution in [-0.2, 0) is 0 Å². The van der Waals surface area contributed by atoms with Crippen LogP contribution in [0.3, 0.4) is 0 Å². The number of alkyl halides is 1. The Kier molecular flexibility index (Phi) is 5.31. The van der Waals surface area contributed by atoms with Crippen molar-refractivity contribution in [2.75, 3.05) is 12.9 Å². The summed E-state index contributed by atoms with van der Waals surface area (Å²) in [5, 5.41) is 0. The molecule has 2 N–H and O–H groups in total. The highest BCUT2D eigenvalue weighted by molar-refractivity contribution is 5.63. The average molecular weight is 298 g/mol. The third kappa shape index (κ3) is 3.52. The molecular formula is C18H19FN2O. The number of rotatable bonds is 3. The van der Waals surface area contributed by atoms with Gasteiger partial charge in [0.15, 0.2) is 0 Å². The van der Waals surface area contributed by atoms with E-state index in [0.29, 0.717) is 7.18 Å². The third-order valence-electron chi connectivity index (χ3n) is 3.50. The first-order valence-corrected chi connectivity index (χ1v) is 6.98. The maximum absolute atomic E-state index is 9.50. The molecule has 0 aliphatic rings. The number of oxazole rings is 1. The predicted molar refractivity (Wildman–Crippen MR) is 87.3 cm³/mol. The zero-order valence-corrected chi connectivity index (χ0v) is 12.7.